The summed E-state index contributed by atoms with van der Waals surface area (Å²) in [4.78, 5) is 17.1. The number of anilines is 1. The summed E-state index contributed by atoms with van der Waals surface area (Å²) in [6, 6.07) is 15.1. The summed E-state index contributed by atoms with van der Waals surface area (Å²) in [5.74, 6) is 1.34. The monoisotopic (exact) mass is 387 g/mol. The Morgan fingerprint density at radius 1 is 1.17 bits per heavy atom. The average Bonchev–Trinajstić information content (AvgIpc) is 3.39. The van der Waals surface area contributed by atoms with Crippen LogP contribution in [0.1, 0.15) is 34.5 Å². The molecule has 4 rings (SSSR count). The maximum absolute atomic E-state index is 12.7. The van der Waals surface area contributed by atoms with Crippen LogP contribution in [-0.2, 0) is 13.0 Å². The van der Waals surface area contributed by atoms with Gasteiger partial charge in [0, 0.05) is 23.2 Å². The first-order valence-corrected chi connectivity index (χ1v) is 9.40. The molecule has 2 aromatic carbocycles. The Kier molecular flexibility index (Phi) is 5.15. The second-order valence-electron chi connectivity index (χ2n) is 6.70. The first-order chi connectivity index (χ1) is 14.1. The van der Waals surface area contributed by atoms with E-state index in [-0.39, 0.29) is 5.91 Å². The van der Waals surface area contributed by atoms with Gasteiger partial charge in [0.05, 0.1) is 6.20 Å². The third-order valence-electron chi connectivity index (χ3n) is 4.55. The van der Waals surface area contributed by atoms with Gasteiger partial charge in [-0.05, 0) is 30.7 Å². The molecule has 0 spiro atoms. The molecule has 0 atom stereocenters. The number of carbonyl (C=O) groups is 1. The van der Waals surface area contributed by atoms with Gasteiger partial charge in [-0.3, -0.25) is 9.89 Å². The number of rotatable bonds is 6. The molecule has 0 radical (unpaired) electrons. The Morgan fingerprint density at radius 3 is 2.76 bits per heavy atom. The number of amides is 1. The van der Waals surface area contributed by atoms with Gasteiger partial charge >= 0.3 is 0 Å². The van der Waals surface area contributed by atoms with E-state index in [1.54, 1.807) is 4.68 Å². The molecule has 4 aromatic rings. The van der Waals surface area contributed by atoms with Crippen LogP contribution >= 0.6 is 0 Å². The first-order valence-electron chi connectivity index (χ1n) is 9.40. The van der Waals surface area contributed by atoms with Crippen molar-refractivity contribution in [3.63, 3.8) is 0 Å². The largest absolute Gasteiger partial charge is 0.322 e. The molecule has 2 aromatic heterocycles. The standard InChI is InChI=1S/C21H21N7O/c1-3-19-23-20(26-25-19)13-28-12-18(24-27-28)15-10-9-14(2)17(11-15)21(29)22-16-7-5-4-6-8-16/h4-12H,3,13H2,1-2H3,(H,22,29)(H,23,25,26). The van der Waals surface area contributed by atoms with Crippen molar-refractivity contribution in [3.8, 4) is 11.3 Å². The van der Waals surface area contributed by atoms with E-state index in [2.05, 4.69) is 30.8 Å². The number of nitrogens with zero attached hydrogens (tertiary/aromatic N) is 5. The maximum Gasteiger partial charge on any atom is 0.255 e. The minimum atomic E-state index is -0.156. The molecule has 0 aliphatic carbocycles. The molecule has 0 saturated heterocycles. The number of para-hydroxylation sites is 1. The molecule has 146 valence electrons. The van der Waals surface area contributed by atoms with Crippen LogP contribution in [0.5, 0.6) is 0 Å². The molecule has 0 saturated carbocycles. The van der Waals surface area contributed by atoms with Crippen molar-refractivity contribution in [2.45, 2.75) is 26.8 Å². The van der Waals surface area contributed by atoms with Gasteiger partial charge in [0.25, 0.3) is 5.91 Å². The predicted octanol–water partition coefficient (Wildman–Crippen LogP) is 3.23. The number of H-pyrrole nitrogens is 1. The number of hydrogen-bond donors (Lipinski definition) is 2. The van der Waals surface area contributed by atoms with Crippen molar-refractivity contribution in [1.82, 2.24) is 30.2 Å². The predicted molar refractivity (Wildman–Crippen MR) is 109 cm³/mol. The highest BCUT2D eigenvalue weighted by atomic mass is 16.1. The minimum Gasteiger partial charge on any atom is -0.322 e. The van der Waals surface area contributed by atoms with Crippen molar-refractivity contribution in [1.29, 1.82) is 0 Å². The van der Waals surface area contributed by atoms with Crippen LogP contribution in [0, 0.1) is 6.92 Å². The maximum atomic E-state index is 12.7. The van der Waals surface area contributed by atoms with Crippen molar-refractivity contribution < 1.29 is 4.79 Å². The summed E-state index contributed by atoms with van der Waals surface area (Å²) in [6.07, 6.45) is 2.61. The lowest BCUT2D eigenvalue weighted by Crippen LogP contribution is -2.13. The number of hydrogen-bond acceptors (Lipinski definition) is 5. The number of aromatic nitrogens is 6. The molecule has 0 aliphatic heterocycles. The van der Waals surface area contributed by atoms with E-state index in [0.29, 0.717) is 17.8 Å². The number of nitrogens with one attached hydrogen (secondary N) is 2. The summed E-state index contributed by atoms with van der Waals surface area (Å²) < 4.78 is 1.69. The van der Waals surface area contributed by atoms with Crippen LogP contribution in [0.4, 0.5) is 5.69 Å². The van der Waals surface area contributed by atoms with Gasteiger partial charge in [-0.1, -0.05) is 42.5 Å². The highest BCUT2D eigenvalue weighted by Crippen LogP contribution is 2.21. The van der Waals surface area contributed by atoms with E-state index >= 15 is 0 Å². The Hall–Kier alpha value is -3.81. The van der Waals surface area contributed by atoms with E-state index in [9.17, 15) is 4.79 Å². The van der Waals surface area contributed by atoms with Crippen molar-refractivity contribution in [2.24, 2.45) is 0 Å². The quantitative estimate of drug-likeness (QED) is 0.529. The van der Waals surface area contributed by atoms with Gasteiger partial charge in [-0.15, -0.1) is 5.10 Å². The molecule has 8 heteroatoms. The molecule has 0 bridgehead atoms. The zero-order valence-electron chi connectivity index (χ0n) is 16.3. The smallest absolute Gasteiger partial charge is 0.255 e. The summed E-state index contributed by atoms with van der Waals surface area (Å²) in [6.45, 7) is 4.37. The molecule has 29 heavy (non-hydrogen) atoms. The number of aromatic amines is 1. The molecule has 0 unspecified atom stereocenters. The van der Waals surface area contributed by atoms with Crippen molar-refractivity contribution in [2.75, 3.05) is 5.32 Å². The molecule has 2 heterocycles. The lowest BCUT2D eigenvalue weighted by Gasteiger charge is -2.09. The first kappa shape index (κ1) is 18.5. The van der Waals surface area contributed by atoms with Crippen LogP contribution < -0.4 is 5.32 Å². The van der Waals surface area contributed by atoms with Gasteiger partial charge in [-0.25, -0.2) is 9.67 Å². The Balaban J connectivity index is 1.54. The second-order valence-corrected chi connectivity index (χ2v) is 6.70. The van der Waals surface area contributed by atoms with E-state index in [4.69, 9.17) is 0 Å². The Labute approximate surface area is 168 Å². The highest BCUT2D eigenvalue weighted by molar-refractivity contribution is 6.05. The Bertz CT molecular complexity index is 1130. The fourth-order valence-electron chi connectivity index (χ4n) is 2.97. The van der Waals surface area contributed by atoms with Gasteiger partial charge in [0.15, 0.2) is 5.82 Å². The van der Waals surface area contributed by atoms with Crippen molar-refractivity contribution in [3.05, 3.63) is 77.5 Å². The van der Waals surface area contributed by atoms with E-state index in [1.165, 1.54) is 0 Å². The minimum absolute atomic E-state index is 0.156. The zero-order valence-corrected chi connectivity index (χ0v) is 16.3. The van der Waals surface area contributed by atoms with Gasteiger partial charge in [0.1, 0.15) is 18.1 Å². The lowest BCUT2D eigenvalue weighted by atomic mass is 10.0. The van der Waals surface area contributed by atoms with Crippen molar-refractivity contribution >= 4 is 11.6 Å². The summed E-state index contributed by atoms with van der Waals surface area (Å²) in [5.41, 5.74) is 3.76. The Morgan fingerprint density at radius 2 is 2.00 bits per heavy atom. The molecule has 0 fully saturated rings. The summed E-state index contributed by atoms with van der Waals surface area (Å²) >= 11 is 0. The third kappa shape index (κ3) is 4.21. The SMILES string of the molecule is CCc1n[nH]c(Cn2cc(-c3ccc(C)c(C(=O)Nc4ccccc4)c3)nn2)n1. The number of aryl methyl sites for hydroxylation is 2. The zero-order chi connectivity index (χ0) is 20.2. The topological polar surface area (TPSA) is 101 Å². The fraction of sp³-hybridized carbons (Fsp3) is 0.190. The van der Waals surface area contributed by atoms with Gasteiger partial charge in [-0.2, -0.15) is 5.10 Å². The fourth-order valence-corrected chi connectivity index (χ4v) is 2.97. The number of carbonyl (C=O) groups excluding carboxylic acids is 1. The second kappa shape index (κ2) is 8.05. The van der Waals surface area contributed by atoms with Crippen LogP contribution in [0.25, 0.3) is 11.3 Å². The van der Waals surface area contributed by atoms with Crippen LogP contribution in [0.3, 0.4) is 0 Å². The third-order valence-corrected chi connectivity index (χ3v) is 4.55. The van der Waals surface area contributed by atoms with Crippen LogP contribution in [-0.4, -0.2) is 36.1 Å². The van der Waals surface area contributed by atoms with Crippen LogP contribution in [0.2, 0.25) is 0 Å². The molecule has 0 aliphatic rings. The molecular weight excluding hydrogens is 366 g/mol. The van der Waals surface area contributed by atoms with Gasteiger partial charge in [0.2, 0.25) is 0 Å². The lowest BCUT2D eigenvalue weighted by molar-refractivity contribution is 0.102. The molecular formula is C21H21N7O. The summed E-state index contributed by atoms with van der Waals surface area (Å²) in [7, 11) is 0. The van der Waals surface area contributed by atoms with Crippen LogP contribution in [0.15, 0.2) is 54.7 Å². The normalized spacial score (nSPS) is 10.8. The van der Waals surface area contributed by atoms with E-state index in [1.807, 2.05) is 68.6 Å². The molecule has 8 nitrogen and oxygen atoms in total. The van der Waals surface area contributed by atoms with E-state index < -0.39 is 0 Å². The average molecular weight is 387 g/mol. The number of benzene rings is 2. The molecule has 1 amide bonds. The summed E-state index contributed by atoms with van der Waals surface area (Å²) in [5, 5.41) is 18.4. The van der Waals surface area contributed by atoms with Gasteiger partial charge < -0.3 is 5.32 Å². The highest BCUT2D eigenvalue weighted by Gasteiger charge is 2.13. The van der Waals surface area contributed by atoms with E-state index in [0.717, 1.165) is 34.9 Å². The molecule has 2 N–H and O–H groups in total.